The van der Waals surface area contributed by atoms with Crippen molar-refractivity contribution in [1.29, 1.82) is 0 Å². The van der Waals surface area contributed by atoms with E-state index in [-0.39, 0.29) is 22.5 Å². The number of hydrogen-bond acceptors (Lipinski definition) is 7. The van der Waals surface area contributed by atoms with Gasteiger partial charge in [0.05, 0.1) is 21.2 Å². The van der Waals surface area contributed by atoms with E-state index in [0.29, 0.717) is 33.4 Å². The van der Waals surface area contributed by atoms with E-state index in [2.05, 4.69) is 25.5 Å². The summed E-state index contributed by atoms with van der Waals surface area (Å²) in [6.07, 6.45) is 1.49. The van der Waals surface area contributed by atoms with Gasteiger partial charge >= 0.3 is 0 Å². The Morgan fingerprint density at radius 3 is 2.65 bits per heavy atom. The second kappa shape index (κ2) is 7.62. The number of rotatable bonds is 5. The molecule has 0 radical (unpaired) electrons. The van der Waals surface area contributed by atoms with E-state index >= 15 is 0 Å². The van der Waals surface area contributed by atoms with Gasteiger partial charge in [0.25, 0.3) is 0 Å². The Balaban J connectivity index is 1.67. The number of halogens is 1. The first kappa shape index (κ1) is 20.7. The predicted molar refractivity (Wildman–Crippen MR) is 118 cm³/mol. The van der Waals surface area contributed by atoms with Gasteiger partial charge < -0.3 is 11.1 Å². The van der Waals surface area contributed by atoms with Crippen LogP contribution in [-0.4, -0.2) is 33.8 Å². The van der Waals surface area contributed by atoms with E-state index in [1.165, 1.54) is 18.3 Å². The third kappa shape index (κ3) is 3.81. The molecule has 4 aromatic rings. The number of nitrogens with zero attached hydrogens (tertiary/aromatic N) is 3. The minimum absolute atomic E-state index is 0.150. The molecule has 2 heterocycles. The van der Waals surface area contributed by atoms with Crippen LogP contribution in [0.5, 0.6) is 0 Å². The minimum atomic E-state index is -3.44. The number of aromatic nitrogens is 4. The summed E-state index contributed by atoms with van der Waals surface area (Å²) in [5.74, 6) is -0.0410. The van der Waals surface area contributed by atoms with Crippen molar-refractivity contribution in [3.8, 4) is 11.3 Å². The molecule has 0 spiro atoms. The van der Waals surface area contributed by atoms with Crippen molar-refractivity contribution in [3.63, 3.8) is 0 Å². The lowest BCUT2D eigenvalue weighted by atomic mass is 10.1. The molecule has 0 amide bonds. The van der Waals surface area contributed by atoms with Crippen LogP contribution in [-0.2, 0) is 9.84 Å². The Morgan fingerprint density at radius 2 is 1.94 bits per heavy atom. The second-order valence-corrected chi connectivity index (χ2v) is 9.93. The Kier molecular flexibility index (Phi) is 5.10. The van der Waals surface area contributed by atoms with Gasteiger partial charge in [0.1, 0.15) is 17.3 Å². The number of aryl methyl sites for hydroxylation is 1. The van der Waals surface area contributed by atoms with Crippen LogP contribution in [0.3, 0.4) is 0 Å². The van der Waals surface area contributed by atoms with Crippen LogP contribution in [0.2, 0.25) is 0 Å². The summed E-state index contributed by atoms with van der Waals surface area (Å²) in [6, 6.07) is 9.32. The van der Waals surface area contributed by atoms with Gasteiger partial charge in [-0.1, -0.05) is 6.07 Å². The molecule has 31 heavy (non-hydrogen) atoms. The summed E-state index contributed by atoms with van der Waals surface area (Å²) in [7, 11) is -3.44. The number of nitrogens with two attached hydrogens (primary N) is 1. The summed E-state index contributed by atoms with van der Waals surface area (Å²) in [5.41, 5.74) is 8.86. The lowest BCUT2D eigenvalue weighted by molar-refractivity contribution is 0.587. The number of fused-ring (bicyclic) bond motifs is 1. The van der Waals surface area contributed by atoms with E-state index in [4.69, 9.17) is 5.73 Å². The average molecular weight is 441 g/mol. The molecule has 0 fully saturated rings. The Morgan fingerprint density at radius 1 is 1.16 bits per heavy atom. The number of nitrogen functional groups attached to an aromatic ring is 1. The van der Waals surface area contributed by atoms with Crippen LogP contribution in [0.15, 0.2) is 47.5 Å². The highest BCUT2D eigenvalue weighted by Gasteiger charge is 2.22. The quantitative estimate of drug-likeness (QED) is 0.428. The SMILES string of the molecule is Cc1ccc(Nc2ncc(-c3n[nH]c4ccc(F)cc34)c(N)n2)cc1S(=O)(=O)C(C)C. The van der Waals surface area contributed by atoms with Crippen LogP contribution < -0.4 is 11.1 Å². The average Bonchev–Trinajstić information content (AvgIpc) is 3.12. The van der Waals surface area contributed by atoms with Crippen LogP contribution in [0.25, 0.3) is 22.2 Å². The molecular weight excluding hydrogens is 419 g/mol. The molecule has 0 saturated carbocycles. The van der Waals surface area contributed by atoms with Crippen molar-refractivity contribution in [2.24, 2.45) is 0 Å². The first-order valence-electron chi connectivity index (χ1n) is 9.55. The van der Waals surface area contributed by atoms with Crippen molar-refractivity contribution in [2.45, 2.75) is 30.9 Å². The molecule has 2 aromatic carbocycles. The molecule has 0 aliphatic rings. The molecule has 0 aliphatic carbocycles. The van der Waals surface area contributed by atoms with Gasteiger partial charge in [-0.25, -0.2) is 17.8 Å². The number of H-pyrrole nitrogens is 1. The number of anilines is 3. The van der Waals surface area contributed by atoms with Crippen molar-refractivity contribution < 1.29 is 12.8 Å². The number of benzene rings is 2. The second-order valence-electron chi connectivity index (χ2n) is 7.45. The molecule has 0 aliphatic heterocycles. The van der Waals surface area contributed by atoms with E-state index in [1.54, 1.807) is 45.0 Å². The van der Waals surface area contributed by atoms with Crippen molar-refractivity contribution in [1.82, 2.24) is 20.2 Å². The fraction of sp³-hybridized carbons (Fsp3) is 0.190. The van der Waals surface area contributed by atoms with E-state index < -0.39 is 15.1 Å². The van der Waals surface area contributed by atoms with Crippen molar-refractivity contribution >= 4 is 38.2 Å². The Hall–Kier alpha value is -3.53. The Labute approximate surface area is 178 Å². The van der Waals surface area contributed by atoms with E-state index in [9.17, 15) is 12.8 Å². The first-order chi connectivity index (χ1) is 14.7. The summed E-state index contributed by atoms with van der Waals surface area (Å²) in [4.78, 5) is 8.78. The fourth-order valence-electron chi connectivity index (χ4n) is 3.20. The molecular formula is C21H21FN6O2S. The molecule has 4 N–H and O–H groups in total. The van der Waals surface area contributed by atoms with E-state index in [0.717, 1.165) is 0 Å². The van der Waals surface area contributed by atoms with Gasteiger partial charge in [0.15, 0.2) is 9.84 Å². The van der Waals surface area contributed by atoms with Crippen LogP contribution in [0.4, 0.5) is 21.8 Å². The predicted octanol–water partition coefficient (Wildman–Crippen LogP) is 3.98. The van der Waals surface area contributed by atoms with Gasteiger partial charge in [-0.2, -0.15) is 10.1 Å². The highest BCUT2D eigenvalue weighted by atomic mass is 32.2. The number of sulfone groups is 1. The van der Waals surface area contributed by atoms with Gasteiger partial charge in [-0.3, -0.25) is 5.10 Å². The van der Waals surface area contributed by atoms with Gasteiger partial charge in [-0.05, 0) is 56.7 Å². The van der Waals surface area contributed by atoms with Crippen LogP contribution >= 0.6 is 0 Å². The number of nitrogens with one attached hydrogen (secondary N) is 2. The maximum Gasteiger partial charge on any atom is 0.229 e. The number of hydrogen-bond donors (Lipinski definition) is 3. The standard InChI is InChI=1S/C21H21FN6O2S/c1-11(2)31(29,30)18-9-14(6-4-12(18)3)25-21-24-10-16(20(23)26-21)19-15-8-13(22)5-7-17(15)27-28-19/h4-11H,1-3H3,(H,27,28)(H3,23,24,25,26). The van der Waals surface area contributed by atoms with Crippen LogP contribution in [0.1, 0.15) is 19.4 Å². The molecule has 4 rings (SSSR count). The fourth-order valence-corrected chi connectivity index (χ4v) is 4.51. The van der Waals surface area contributed by atoms with Crippen molar-refractivity contribution in [3.05, 3.63) is 54.0 Å². The normalized spacial score (nSPS) is 11.9. The third-order valence-corrected chi connectivity index (χ3v) is 7.26. The van der Waals surface area contributed by atoms with Crippen LogP contribution in [0, 0.1) is 12.7 Å². The third-order valence-electron chi connectivity index (χ3n) is 4.97. The summed E-state index contributed by atoms with van der Waals surface area (Å²) in [5, 5.41) is 10.1. The van der Waals surface area contributed by atoms with Gasteiger partial charge in [0.2, 0.25) is 5.95 Å². The smallest absolute Gasteiger partial charge is 0.229 e. The minimum Gasteiger partial charge on any atom is -0.383 e. The van der Waals surface area contributed by atoms with Gasteiger partial charge in [0, 0.05) is 17.3 Å². The maximum atomic E-state index is 13.7. The summed E-state index contributed by atoms with van der Waals surface area (Å²) in [6.45, 7) is 5.03. The zero-order chi connectivity index (χ0) is 22.3. The lowest BCUT2D eigenvalue weighted by Crippen LogP contribution is -2.15. The summed E-state index contributed by atoms with van der Waals surface area (Å²) < 4.78 is 38.9. The number of aromatic amines is 1. The lowest BCUT2D eigenvalue weighted by Gasteiger charge is -2.13. The highest BCUT2D eigenvalue weighted by molar-refractivity contribution is 7.92. The summed E-state index contributed by atoms with van der Waals surface area (Å²) >= 11 is 0. The van der Waals surface area contributed by atoms with E-state index in [1.807, 2.05) is 0 Å². The molecule has 160 valence electrons. The maximum absolute atomic E-state index is 13.7. The molecule has 0 bridgehead atoms. The van der Waals surface area contributed by atoms with Crippen molar-refractivity contribution in [2.75, 3.05) is 11.1 Å². The zero-order valence-electron chi connectivity index (χ0n) is 17.1. The molecule has 10 heteroatoms. The Bertz CT molecular complexity index is 1400. The zero-order valence-corrected chi connectivity index (χ0v) is 18.0. The highest BCUT2D eigenvalue weighted by Crippen LogP contribution is 2.31. The monoisotopic (exact) mass is 440 g/mol. The molecule has 0 atom stereocenters. The molecule has 8 nitrogen and oxygen atoms in total. The molecule has 2 aromatic heterocycles. The van der Waals surface area contributed by atoms with Gasteiger partial charge in [-0.15, -0.1) is 0 Å². The topological polar surface area (TPSA) is 127 Å². The first-order valence-corrected chi connectivity index (χ1v) is 11.1. The molecule has 0 saturated heterocycles. The molecule has 0 unspecified atom stereocenters. The largest absolute Gasteiger partial charge is 0.383 e.